The Balaban J connectivity index is 0.00000341. The average Bonchev–Trinajstić information content (AvgIpc) is 3.34. The number of hydrogen-bond donors (Lipinski definition) is 2. The van der Waals surface area contributed by atoms with Gasteiger partial charge in [0.1, 0.15) is 0 Å². The molecule has 0 bridgehead atoms. The molecule has 3 amide bonds. The van der Waals surface area contributed by atoms with Gasteiger partial charge in [0, 0.05) is 77.8 Å². The first-order valence-electron chi connectivity index (χ1n) is 10.5. The number of carbonyl (C=O) groups excluding carboxylic acids is 2. The van der Waals surface area contributed by atoms with Gasteiger partial charge in [-0.3, -0.25) is 4.79 Å². The SMILES string of the molecule is COCCC(=O)N(C)CCCS(=O)(=O)NC(=O)Nc1c2c(cc3c1CCC3)CCC2.[K]. The number of anilines is 1. The van der Waals surface area contributed by atoms with Crippen LogP contribution in [0.25, 0.3) is 0 Å². The fourth-order valence-corrected chi connectivity index (χ4v) is 5.24. The number of amides is 3. The van der Waals surface area contributed by atoms with Gasteiger partial charge in [-0.1, -0.05) is 6.07 Å². The summed E-state index contributed by atoms with van der Waals surface area (Å²) >= 11 is 0. The summed E-state index contributed by atoms with van der Waals surface area (Å²) in [7, 11) is -0.643. The van der Waals surface area contributed by atoms with Gasteiger partial charge in [0.25, 0.3) is 0 Å². The Kier molecular flexibility index (Phi) is 10.4. The van der Waals surface area contributed by atoms with Crippen LogP contribution >= 0.6 is 0 Å². The van der Waals surface area contributed by atoms with Crippen LogP contribution in [-0.2, 0) is 45.2 Å². The van der Waals surface area contributed by atoms with Crippen molar-refractivity contribution in [3.05, 3.63) is 28.3 Å². The molecule has 167 valence electrons. The van der Waals surface area contributed by atoms with Gasteiger partial charge in [-0.05, 0) is 67.2 Å². The summed E-state index contributed by atoms with van der Waals surface area (Å²) in [4.78, 5) is 25.8. The summed E-state index contributed by atoms with van der Waals surface area (Å²) in [6.07, 6.45) is 6.46. The third-order valence-corrected chi connectivity index (χ3v) is 7.13. The molecule has 0 atom stereocenters. The van der Waals surface area contributed by atoms with Crippen LogP contribution in [0.5, 0.6) is 0 Å². The van der Waals surface area contributed by atoms with E-state index in [1.165, 1.54) is 23.1 Å². The molecule has 1 aromatic rings. The maximum absolute atomic E-state index is 12.5. The minimum Gasteiger partial charge on any atom is -0.384 e. The molecule has 0 aliphatic heterocycles. The van der Waals surface area contributed by atoms with Crippen molar-refractivity contribution in [2.24, 2.45) is 0 Å². The molecular weight excluding hydrogens is 445 g/mol. The maximum Gasteiger partial charge on any atom is 0.332 e. The first-order chi connectivity index (χ1) is 14.3. The Labute approximate surface area is 227 Å². The summed E-state index contributed by atoms with van der Waals surface area (Å²) < 4.78 is 31.6. The van der Waals surface area contributed by atoms with E-state index < -0.39 is 16.1 Å². The van der Waals surface area contributed by atoms with Crippen LogP contribution in [-0.4, -0.2) is 110 Å². The molecule has 31 heavy (non-hydrogen) atoms. The number of nitrogens with one attached hydrogen (secondary N) is 2. The fraction of sp³-hybridized carbons (Fsp3) is 0.619. The summed E-state index contributed by atoms with van der Waals surface area (Å²) in [6.45, 7) is 0.626. The van der Waals surface area contributed by atoms with Crippen molar-refractivity contribution in [1.29, 1.82) is 0 Å². The molecule has 0 fully saturated rings. The van der Waals surface area contributed by atoms with E-state index in [0.29, 0.717) is 13.2 Å². The van der Waals surface area contributed by atoms with Gasteiger partial charge < -0.3 is 15.0 Å². The van der Waals surface area contributed by atoms with E-state index in [1.54, 1.807) is 7.05 Å². The largest absolute Gasteiger partial charge is 0.384 e. The zero-order chi connectivity index (χ0) is 21.7. The standard InChI is InChI=1S/C21H31N3O5S.K/c1-24(19(25)10-12-29-2)11-5-13-30(27,28)23-21(26)22-20-17-8-3-6-15(17)14-16-7-4-9-18(16)20;/h14H,3-13H2,1-2H3,(H2,22,23,26);. The molecule has 1 aromatic carbocycles. The summed E-state index contributed by atoms with van der Waals surface area (Å²) in [5, 5.41) is 2.83. The summed E-state index contributed by atoms with van der Waals surface area (Å²) in [6, 6.07) is 1.54. The maximum atomic E-state index is 12.5. The second-order valence-electron chi connectivity index (χ2n) is 8.02. The molecular formula is C21H31KN3O5S. The van der Waals surface area contributed by atoms with Crippen LogP contribution in [0.4, 0.5) is 10.5 Å². The molecule has 0 spiro atoms. The molecule has 0 aromatic heterocycles. The number of nitrogens with zero attached hydrogens (tertiary/aromatic N) is 1. The molecule has 0 saturated heterocycles. The molecule has 0 unspecified atom stereocenters. The minimum absolute atomic E-state index is 0. The number of urea groups is 1. The van der Waals surface area contributed by atoms with Crippen molar-refractivity contribution in [1.82, 2.24) is 9.62 Å². The molecule has 0 saturated carbocycles. The van der Waals surface area contributed by atoms with Crippen LogP contribution in [0.1, 0.15) is 47.9 Å². The predicted molar refractivity (Wildman–Crippen MR) is 121 cm³/mol. The summed E-state index contributed by atoms with van der Waals surface area (Å²) in [5.41, 5.74) is 5.66. The number of sulfonamides is 1. The van der Waals surface area contributed by atoms with Crippen molar-refractivity contribution >= 4 is 79.0 Å². The van der Waals surface area contributed by atoms with E-state index in [0.717, 1.165) is 55.3 Å². The first kappa shape index (κ1) is 26.8. The topological polar surface area (TPSA) is 105 Å². The molecule has 2 aliphatic rings. The monoisotopic (exact) mass is 476 g/mol. The number of carbonyl (C=O) groups is 2. The van der Waals surface area contributed by atoms with Crippen molar-refractivity contribution in [3.63, 3.8) is 0 Å². The molecule has 3 rings (SSSR count). The minimum atomic E-state index is -3.79. The quantitative estimate of drug-likeness (QED) is 0.527. The van der Waals surface area contributed by atoms with E-state index >= 15 is 0 Å². The van der Waals surface area contributed by atoms with Gasteiger partial charge in [0.2, 0.25) is 15.9 Å². The van der Waals surface area contributed by atoms with E-state index in [9.17, 15) is 18.0 Å². The first-order valence-corrected chi connectivity index (χ1v) is 12.2. The number of rotatable bonds is 9. The molecule has 1 radical (unpaired) electrons. The molecule has 2 aliphatic carbocycles. The van der Waals surface area contributed by atoms with E-state index in [4.69, 9.17) is 4.74 Å². The number of methoxy groups -OCH3 is 1. The Morgan fingerprint density at radius 3 is 2.29 bits per heavy atom. The van der Waals surface area contributed by atoms with Crippen molar-refractivity contribution in [2.45, 2.75) is 51.4 Å². The predicted octanol–water partition coefficient (Wildman–Crippen LogP) is 1.62. The second-order valence-corrected chi connectivity index (χ2v) is 9.86. The Morgan fingerprint density at radius 2 is 1.71 bits per heavy atom. The third-order valence-electron chi connectivity index (χ3n) is 5.81. The summed E-state index contributed by atoms with van der Waals surface area (Å²) in [5.74, 6) is -0.334. The van der Waals surface area contributed by atoms with Crippen molar-refractivity contribution < 1.29 is 22.7 Å². The third kappa shape index (κ3) is 7.25. The van der Waals surface area contributed by atoms with Gasteiger partial charge in [-0.25, -0.2) is 17.9 Å². The number of fused-ring (bicyclic) bond motifs is 2. The van der Waals surface area contributed by atoms with E-state index in [2.05, 4.69) is 16.1 Å². The Hall–Kier alpha value is -0.494. The van der Waals surface area contributed by atoms with Crippen LogP contribution in [0, 0.1) is 0 Å². The normalized spacial score (nSPS) is 14.4. The molecule has 2 N–H and O–H groups in total. The van der Waals surface area contributed by atoms with Crippen molar-refractivity contribution in [2.75, 3.05) is 38.4 Å². The van der Waals surface area contributed by atoms with Gasteiger partial charge in [0.05, 0.1) is 18.8 Å². The number of benzene rings is 1. The smallest absolute Gasteiger partial charge is 0.332 e. The van der Waals surface area contributed by atoms with Crippen molar-refractivity contribution in [3.8, 4) is 0 Å². The molecule has 10 heteroatoms. The van der Waals surface area contributed by atoms with Crippen LogP contribution < -0.4 is 10.0 Å². The number of aryl methyl sites for hydroxylation is 2. The van der Waals surface area contributed by atoms with Gasteiger partial charge in [0.15, 0.2) is 0 Å². The average molecular weight is 477 g/mol. The van der Waals surface area contributed by atoms with Gasteiger partial charge >= 0.3 is 6.03 Å². The van der Waals surface area contributed by atoms with E-state index in [-0.39, 0.29) is 75.9 Å². The van der Waals surface area contributed by atoms with Crippen LogP contribution in [0.2, 0.25) is 0 Å². The van der Waals surface area contributed by atoms with Crippen LogP contribution in [0.15, 0.2) is 6.07 Å². The fourth-order valence-electron chi connectivity index (χ4n) is 4.30. The molecule has 0 heterocycles. The number of ether oxygens (including phenoxy) is 1. The molecule has 8 nitrogen and oxygen atoms in total. The van der Waals surface area contributed by atoms with E-state index in [1.807, 2.05) is 0 Å². The second kappa shape index (κ2) is 12.1. The van der Waals surface area contributed by atoms with Gasteiger partial charge in [-0.2, -0.15) is 0 Å². The van der Waals surface area contributed by atoms with Gasteiger partial charge in [-0.15, -0.1) is 0 Å². The Bertz CT molecular complexity index is 888. The zero-order valence-corrected chi connectivity index (χ0v) is 22.7. The zero-order valence-electron chi connectivity index (χ0n) is 18.8. The Morgan fingerprint density at radius 1 is 1.10 bits per heavy atom. The van der Waals surface area contributed by atoms with Crippen LogP contribution in [0.3, 0.4) is 0 Å². The number of hydrogen-bond acceptors (Lipinski definition) is 5.